The molecule has 2 saturated carbocycles. The summed E-state index contributed by atoms with van der Waals surface area (Å²) in [6, 6.07) is 7.60. The quantitative estimate of drug-likeness (QED) is 0.852. The molecule has 2 heteroatoms. The Hall–Kier alpha value is -1.02. The number of hydrogen-bond donors (Lipinski definition) is 1. The molecule has 0 bridgehead atoms. The third kappa shape index (κ3) is 2.96. The maximum absolute atomic E-state index is 5.54. The molecule has 2 nitrogen and oxygen atoms in total. The normalized spacial score (nSPS) is 28.5. The molecule has 0 spiro atoms. The van der Waals surface area contributed by atoms with E-state index in [0.29, 0.717) is 5.41 Å². The zero-order valence-electron chi connectivity index (χ0n) is 13.9. The summed E-state index contributed by atoms with van der Waals surface area (Å²) in [5.74, 6) is 2.70. The van der Waals surface area contributed by atoms with Gasteiger partial charge < -0.3 is 10.1 Å². The number of aryl methyl sites for hydroxylation is 1. The van der Waals surface area contributed by atoms with Crippen molar-refractivity contribution in [3.05, 3.63) is 29.3 Å². The van der Waals surface area contributed by atoms with Gasteiger partial charge in [-0.15, -0.1) is 0 Å². The van der Waals surface area contributed by atoms with Crippen LogP contribution in [-0.4, -0.2) is 19.7 Å². The summed E-state index contributed by atoms with van der Waals surface area (Å²) < 4.78 is 5.54. The molecule has 2 aliphatic carbocycles. The highest BCUT2D eigenvalue weighted by Gasteiger charge is 2.46. The van der Waals surface area contributed by atoms with Gasteiger partial charge in [-0.1, -0.05) is 26.0 Å². The summed E-state index contributed by atoms with van der Waals surface area (Å²) in [7, 11) is 1.78. The predicted molar refractivity (Wildman–Crippen MR) is 88.0 cm³/mol. The highest BCUT2D eigenvalue weighted by molar-refractivity contribution is 5.41. The lowest BCUT2D eigenvalue weighted by atomic mass is 9.55. The van der Waals surface area contributed by atoms with E-state index in [-0.39, 0.29) is 0 Å². The Balaban J connectivity index is 1.81. The summed E-state index contributed by atoms with van der Waals surface area (Å²) >= 11 is 0. The van der Waals surface area contributed by atoms with Crippen LogP contribution in [0.4, 0.5) is 0 Å². The first-order valence-electron chi connectivity index (χ1n) is 8.42. The first kappa shape index (κ1) is 14.9. The van der Waals surface area contributed by atoms with Gasteiger partial charge in [0.15, 0.2) is 0 Å². The maximum atomic E-state index is 5.54. The van der Waals surface area contributed by atoms with Crippen molar-refractivity contribution >= 4 is 0 Å². The molecule has 116 valence electrons. The summed E-state index contributed by atoms with van der Waals surface area (Å²) in [6.07, 6.45) is 5.36. The number of methoxy groups -OCH3 is 1. The van der Waals surface area contributed by atoms with Crippen LogP contribution in [0.25, 0.3) is 0 Å². The van der Waals surface area contributed by atoms with E-state index in [1.54, 1.807) is 7.11 Å². The number of ether oxygens (including phenoxy) is 1. The molecule has 21 heavy (non-hydrogen) atoms. The predicted octanol–water partition coefficient (Wildman–Crippen LogP) is 4.06. The number of benzene rings is 1. The van der Waals surface area contributed by atoms with Crippen molar-refractivity contribution in [2.24, 2.45) is 11.8 Å². The average Bonchev–Trinajstić information content (AvgIpc) is 3.22. The van der Waals surface area contributed by atoms with E-state index in [1.807, 2.05) is 0 Å². The second kappa shape index (κ2) is 5.64. The lowest BCUT2D eigenvalue weighted by Crippen LogP contribution is -2.50. The fourth-order valence-electron chi connectivity index (χ4n) is 3.67. The highest BCUT2D eigenvalue weighted by atomic mass is 16.5. The van der Waals surface area contributed by atoms with Gasteiger partial charge in [0.05, 0.1) is 7.11 Å². The topological polar surface area (TPSA) is 21.3 Å². The fraction of sp³-hybridized carbons (Fsp3) is 0.684. The van der Waals surface area contributed by atoms with Gasteiger partial charge in [-0.2, -0.15) is 0 Å². The van der Waals surface area contributed by atoms with Gasteiger partial charge in [0.2, 0.25) is 0 Å². The molecule has 3 rings (SSSR count). The van der Waals surface area contributed by atoms with Crippen LogP contribution < -0.4 is 10.1 Å². The Labute approximate surface area is 129 Å². The minimum Gasteiger partial charge on any atom is -0.496 e. The minimum absolute atomic E-state index is 0.332. The number of rotatable bonds is 6. The zero-order chi connectivity index (χ0) is 15.0. The van der Waals surface area contributed by atoms with Crippen LogP contribution in [-0.2, 0) is 5.41 Å². The largest absolute Gasteiger partial charge is 0.496 e. The Bertz CT molecular complexity index is 493. The van der Waals surface area contributed by atoms with Crippen molar-refractivity contribution in [2.75, 3.05) is 13.7 Å². The SMILES string of the molecule is COc1cc(C2(CNC3CC3)CC(C(C)C)C2)ccc1C. The van der Waals surface area contributed by atoms with Gasteiger partial charge in [0.1, 0.15) is 5.75 Å². The zero-order valence-corrected chi connectivity index (χ0v) is 13.9. The van der Waals surface area contributed by atoms with Crippen LogP contribution in [0.15, 0.2) is 18.2 Å². The van der Waals surface area contributed by atoms with E-state index in [4.69, 9.17) is 4.74 Å². The molecule has 1 aromatic rings. The maximum Gasteiger partial charge on any atom is 0.122 e. The van der Waals surface area contributed by atoms with Crippen LogP contribution in [0.1, 0.15) is 50.7 Å². The first-order chi connectivity index (χ1) is 10.0. The van der Waals surface area contributed by atoms with E-state index in [2.05, 4.69) is 44.3 Å². The molecular weight excluding hydrogens is 258 g/mol. The molecule has 0 atom stereocenters. The molecule has 0 aliphatic heterocycles. The van der Waals surface area contributed by atoms with E-state index >= 15 is 0 Å². The Morgan fingerprint density at radius 3 is 2.57 bits per heavy atom. The van der Waals surface area contributed by atoms with Crippen LogP contribution in [0.2, 0.25) is 0 Å². The summed E-state index contributed by atoms with van der Waals surface area (Å²) in [5.41, 5.74) is 3.03. The van der Waals surface area contributed by atoms with Crippen LogP contribution in [0.3, 0.4) is 0 Å². The van der Waals surface area contributed by atoms with Crippen molar-refractivity contribution in [1.29, 1.82) is 0 Å². The molecule has 0 aromatic heterocycles. The molecule has 2 fully saturated rings. The summed E-state index contributed by atoms with van der Waals surface area (Å²) in [5, 5.41) is 3.77. The van der Waals surface area contributed by atoms with Crippen LogP contribution in [0.5, 0.6) is 5.75 Å². The molecule has 0 unspecified atom stereocenters. The van der Waals surface area contributed by atoms with Crippen molar-refractivity contribution in [3.8, 4) is 5.75 Å². The van der Waals surface area contributed by atoms with Gasteiger partial charge in [0.25, 0.3) is 0 Å². The van der Waals surface area contributed by atoms with Gasteiger partial charge in [-0.05, 0) is 61.6 Å². The van der Waals surface area contributed by atoms with E-state index in [1.165, 1.54) is 36.8 Å². The smallest absolute Gasteiger partial charge is 0.122 e. The van der Waals surface area contributed by atoms with Crippen molar-refractivity contribution < 1.29 is 4.74 Å². The third-order valence-corrected chi connectivity index (χ3v) is 5.58. The fourth-order valence-corrected chi connectivity index (χ4v) is 3.67. The molecular formula is C19H29NO. The first-order valence-corrected chi connectivity index (χ1v) is 8.42. The van der Waals surface area contributed by atoms with Crippen LogP contribution in [0, 0.1) is 18.8 Å². The summed E-state index contributed by atoms with van der Waals surface area (Å²) in [4.78, 5) is 0. The Morgan fingerprint density at radius 1 is 1.29 bits per heavy atom. The van der Waals surface area contributed by atoms with E-state index in [0.717, 1.165) is 30.2 Å². The minimum atomic E-state index is 0.332. The van der Waals surface area contributed by atoms with Gasteiger partial charge in [-0.3, -0.25) is 0 Å². The van der Waals surface area contributed by atoms with Gasteiger partial charge in [0, 0.05) is 18.0 Å². The Kier molecular flexibility index (Phi) is 4.00. The highest BCUT2D eigenvalue weighted by Crippen LogP contribution is 2.51. The molecule has 1 aromatic carbocycles. The lowest BCUT2D eigenvalue weighted by Gasteiger charge is -2.50. The summed E-state index contributed by atoms with van der Waals surface area (Å²) in [6.45, 7) is 7.97. The number of nitrogens with one attached hydrogen (secondary N) is 1. The standard InChI is InChI=1S/C19H29NO/c1-13(2)15-10-19(11-15,12-20-17-7-8-17)16-6-5-14(3)18(9-16)21-4/h5-6,9,13,15,17,20H,7-8,10-12H2,1-4H3. The molecule has 0 amide bonds. The van der Waals surface area contributed by atoms with Crippen molar-refractivity contribution in [3.63, 3.8) is 0 Å². The van der Waals surface area contributed by atoms with Crippen molar-refractivity contribution in [2.45, 2.75) is 57.9 Å². The third-order valence-electron chi connectivity index (χ3n) is 5.58. The van der Waals surface area contributed by atoms with E-state index < -0.39 is 0 Å². The second-order valence-corrected chi connectivity index (χ2v) is 7.53. The van der Waals surface area contributed by atoms with Crippen molar-refractivity contribution in [1.82, 2.24) is 5.32 Å². The second-order valence-electron chi connectivity index (χ2n) is 7.53. The average molecular weight is 287 g/mol. The van der Waals surface area contributed by atoms with Gasteiger partial charge in [-0.25, -0.2) is 0 Å². The van der Waals surface area contributed by atoms with Crippen LogP contribution >= 0.6 is 0 Å². The molecule has 2 aliphatic rings. The lowest BCUT2D eigenvalue weighted by molar-refractivity contribution is 0.0971. The monoisotopic (exact) mass is 287 g/mol. The number of hydrogen-bond acceptors (Lipinski definition) is 2. The van der Waals surface area contributed by atoms with Gasteiger partial charge >= 0.3 is 0 Å². The van der Waals surface area contributed by atoms with E-state index in [9.17, 15) is 0 Å². The molecule has 1 N–H and O–H groups in total. The molecule has 0 saturated heterocycles. The Morgan fingerprint density at radius 2 is 2.00 bits per heavy atom. The molecule has 0 radical (unpaired) electrons. The molecule has 0 heterocycles.